The number of piperazine rings is 1. The predicted molar refractivity (Wildman–Crippen MR) is 83.9 cm³/mol. The fourth-order valence-corrected chi connectivity index (χ4v) is 3.12. The van der Waals surface area contributed by atoms with Gasteiger partial charge in [-0.2, -0.15) is 0 Å². The molecule has 2 aliphatic heterocycles. The van der Waals surface area contributed by atoms with E-state index in [1.165, 1.54) is 0 Å². The summed E-state index contributed by atoms with van der Waals surface area (Å²) in [6.07, 6.45) is 0.814. The van der Waals surface area contributed by atoms with Gasteiger partial charge in [0.25, 0.3) is 0 Å². The molecular weight excluding hydrogens is 280 g/mol. The van der Waals surface area contributed by atoms with Gasteiger partial charge in [-0.1, -0.05) is 30.3 Å². The van der Waals surface area contributed by atoms with Crippen molar-refractivity contribution in [2.75, 3.05) is 39.3 Å². The van der Waals surface area contributed by atoms with Gasteiger partial charge in [0, 0.05) is 45.3 Å². The Morgan fingerprint density at radius 2 is 1.86 bits per heavy atom. The summed E-state index contributed by atoms with van der Waals surface area (Å²) in [5, 5.41) is 1.86. The van der Waals surface area contributed by atoms with Crippen LogP contribution in [0.4, 0.5) is 4.79 Å². The van der Waals surface area contributed by atoms with E-state index in [1.54, 1.807) is 0 Å². The molecule has 6 heteroatoms. The fourth-order valence-electron chi connectivity index (χ4n) is 3.12. The van der Waals surface area contributed by atoms with Gasteiger partial charge >= 0.3 is 6.09 Å². The zero-order chi connectivity index (χ0) is 15.4. The molecular formula is C16H24N4O2. The Balaban J connectivity index is 1.44. The van der Waals surface area contributed by atoms with Gasteiger partial charge in [0.15, 0.2) is 0 Å². The van der Waals surface area contributed by atoms with Crippen molar-refractivity contribution in [3.63, 3.8) is 0 Å². The highest BCUT2D eigenvalue weighted by molar-refractivity contribution is 5.68. The lowest BCUT2D eigenvalue weighted by atomic mass is 10.2. The molecule has 1 amide bonds. The van der Waals surface area contributed by atoms with Crippen LogP contribution in [0.15, 0.2) is 30.3 Å². The second-order valence-corrected chi connectivity index (χ2v) is 6.00. The van der Waals surface area contributed by atoms with Gasteiger partial charge in [-0.05, 0) is 12.0 Å². The van der Waals surface area contributed by atoms with Crippen molar-refractivity contribution in [3.8, 4) is 0 Å². The van der Waals surface area contributed by atoms with Crippen LogP contribution in [-0.4, -0.2) is 66.2 Å². The number of likely N-dealkylation sites (tertiary alicyclic amines) is 1. The molecule has 0 spiro atoms. The first-order valence-corrected chi connectivity index (χ1v) is 7.92. The van der Waals surface area contributed by atoms with Crippen molar-refractivity contribution in [2.24, 2.45) is 5.84 Å². The normalized spacial score (nSPS) is 23.7. The number of amides is 1. The standard InChI is InChI=1S/C16H24N4O2/c17-20-10-8-18(9-11-20)15-6-7-19(12-15)16(21)22-13-14-4-2-1-3-5-14/h1-5,15H,6-13,17H2. The van der Waals surface area contributed by atoms with Crippen LogP contribution in [0.3, 0.4) is 0 Å². The van der Waals surface area contributed by atoms with Gasteiger partial charge in [0.05, 0.1) is 0 Å². The number of hydrazine groups is 1. The molecule has 2 aliphatic rings. The van der Waals surface area contributed by atoms with E-state index in [-0.39, 0.29) is 6.09 Å². The van der Waals surface area contributed by atoms with Gasteiger partial charge in [0.1, 0.15) is 6.61 Å². The number of rotatable bonds is 3. The van der Waals surface area contributed by atoms with E-state index in [4.69, 9.17) is 10.6 Å². The number of ether oxygens (including phenoxy) is 1. The smallest absolute Gasteiger partial charge is 0.410 e. The average Bonchev–Trinajstić information content (AvgIpc) is 3.04. The topological polar surface area (TPSA) is 62.0 Å². The summed E-state index contributed by atoms with van der Waals surface area (Å²) in [5.74, 6) is 5.79. The number of benzene rings is 1. The molecule has 0 radical (unpaired) electrons. The molecule has 1 aromatic carbocycles. The zero-order valence-electron chi connectivity index (χ0n) is 12.9. The van der Waals surface area contributed by atoms with Gasteiger partial charge in [-0.15, -0.1) is 0 Å². The van der Waals surface area contributed by atoms with Gasteiger partial charge in [0.2, 0.25) is 0 Å². The van der Waals surface area contributed by atoms with Crippen LogP contribution in [0.5, 0.6) is 0 Å². The first kappa shape index (κ1) is 15.3. The van der Waals surface area contributed by atoms with Gasteiger partial charge < -0.3 is 9.64 Å². The van der Waals surface area contributed by atoms with E-state index in [0.29, 0.717) is 12.6 Å². The lowest BCUT2D eigenvalue weighted by molar-refractivity contribution is 0.0860. The molecule has 1 atom stereocenters. The molecule has 0 aliphatic carbocycles. The second-order valence-electron chi connectivity index (χ2n) is 6.00. The van der Waals surface area contributed by atoms with E-state index in [9.17, 15) is 4.79 Å². The van der Waals surface area contributed by atoms with Crippen molar-refractivity contribution in [1.29, 1.82) is 0 Å². The van der Waals surface area contributed by atoms with E-state index in [0.717, 1.165) is 51.3 Å². The van der Waals surface area contributed by atoms with Crippen LogP contribution in [0.25, 0.3) is 0 Å². The van der Waals surface area contributed by atoms with Crippen LogP contribution in [0, 0.1) is 0 Å². The summed E-state index contributed by atoms with van der Waals surface area (Å²) in [4.78, 5) is 16.4. The minimum Gasteiger partial charge on any atom is -0.445 e. The third-order valence-corrected chi connectivity index (χ3v) is 4.49. The lowest BCUT2D eigenvalue weighted by Gasteiger charge is -2.35. The molecule has 2 heterocycles. The average molecular weight is 304 g/mol. The van der Waals surface area contributed by atoms with Crippen molar-refractivity contribution >= 4 is 6.09 Å². The quantitative estimate of drug-likeness (QED) is 0.840. The van der Waals surface area contributed by atoms with Gasteiger partial charge in [-0.25, -0.2) is 9.80 Å². The largest absolute Gasteiger partial charge is 0.445 e. The zero-order valence-corrected chi connectivity index (χ0v) is 12.9. The number of nitrogens with zero attached hydrogens (tertiary/aromatic N) is 3. The number of nitrogens with two attached hydrogens (primary N) is 1. The highest BCUT2D eigenvalue weighted by atomic mass is 16.6. The molecule has 120 valence electrons. The Morgan fingerprint density at radius 1 is 1.14 bits per heavy atom. The van der Waals surface area contributed by atoms with Crippen molar-refractivity contribution in [2.45, 2.75) is 19.1 Å². The van der Waals surface area contributed by atoms with E-state index in [2.05, 4.69) is 4.90 Å². The molecule has 22 heavy (non-hydrogen) atoms. The predicted octanol–water partition coefficient (Wildman–Crippen LogP) is 0.889. The molecule has 0 bridgehead atoms. The third kappa shape index (κ3) is 3.76. The van der Waals surface area contributed by atoms with Crippen LogP contribution < -0.4 is 5.84 Å². The molecule has 0 saturated carbocycles. The van der Waals surface area contributed by atoms with Gasteiger partial charge in [-0.3, -0.25) is 10.7 Å². The van der Waals surface area contributed by atoms with E-state index >= 15 is 0 Å². The Labute approximate surface area is 131 Å². The summed E-state index contributed by atoms with van der Waals surface area (Å²) in [6.45, 7) is 5.64. The van der Waals surface area contributed by atoms with Crippen LogP contribution in [0.2, 0.25) is 0 Å². The molecule has 0 aromatic heterocycles. The minimum atomic E-state index is -0.205. The lowest BCUT2D eigenvalue weighted by Crippen LogP contribution is -2.53. The Kier molecular flexibility index (Phi) is 4.92. The molecule has 2 N–H and O–H groups in total. The number of carbonyl (C=O) groups is 1. The van der Waals surface area contributed by atoms with Crippen LogP contribution in [-0.2, 0) is 11.3 Å². The van der Waals surface area contributed by atoms with Crippen LogP contribution >= 0.6 is 0 Å². The fraction of sp³-hybridized carbons (Fsp3) is 0.562. The summed E-state index contributed by atoms with van der Waals surface area (Å²) in [5.41, 5.74) is 1.02. The third-order valence-electron chi connectivity index (χ3n) is 4.49. The molecule has 3 rings (SSSR count). The molecule has 2 saturated heterocycles. The van der Waals surface area contributed by atoms with Crippen LogP contribution in [0.1, 0.15) is 12.0 Å². The number of carbonyl (C=O) groups excluding carboxylic acids is 1. The summed E-state index contributed by atoms with van der Waals surface area (Å²) >= 11 is 0. The molecule has 1 unspecified atom stereocenters. The Bertz CT molecular complexity index is 488. The Morgan fingerprint density at radius 3 is 2.59 bits per heavy atom. The monoisotopic (exact) mass is 304 g/mol. The molecule has 2 fully saturated rings. The van der Waals surface area contributed by atoms with E-state index < -0.39 is 0 Å². The van der Waals surface area contributed by atoms with Crippen molar-refractivity contribution < 1.29 is 9.53 Å². The SMILES string of the molecule is NN1CCN(C2CCN(C(=O)OCc3ccccc3)C2)CC1. The second kappa shape index (κ2) is 7.09. The number of hydrogen-bond donors (Lipinski definition) is 1. The maximum absolute atomic E-state index is 12.2. The first-order chi connectivity index (χ1) is 10.7. The first-order valence-electron chi connectivity index (χ1n) is 7.92. The van der Waals surface area contributed by atoms with E-state index in [1.807, 2.05) is 40.2 Å². The maximum atomic E-state index is 12.2. The maximum Gasteiger partial charge on any atom is 0.410 e. The summed E-state index contributed by atoms with van der Waals surface area (Å²) in [7, 11) is 0. The highest BCUT2D eigenvalue weighted by Crippen LogP contribution is 2.18. The molecule has 6 nitrogen and oxygen atoms in total. The van der Waals surface area contributed by atoms with Crippen molar-refractivity contribution in [3.05, 3.63) is 35.9 Å². The van der Waals surface area contributed by atoms with Crippen molar-refractivity contribution in [1.82, 2.24) is 14.8 Å². The highest BCUT2D eigenvalue weighted by Gasteiger charge is 2.32. The Hall–Kier alpha value is -1.63. The summed E-state index contributed by atoms with van der Waals surface area (Å²) < 4.78 is 5.40. The minimum absolute atomic E-state index is 0.205. The number of hydrogen-bond acceptors (Lipinski definition) is 5. The molecule has 1 aromatic rings. The summed E-state index contributed by atoms with van der Waals surface area (Å²) in [6, 6.07) is 10.2.